The topological polar surface area (TPSA) is 59.1 Å². The lowest BCUT2D eigenvalue weighted by Gasteiger charge is -2.08. The highest BCUT2D eigenvalue weighted by molar-refractivity contribution is 7.93. The van der Waals surface area contributed by atoms with Gasteiger partial charge in [0.25, 0.3) is 10.0 Å². The third kappa shape index (κ3) is 3.46. The molecule has 1 N–H and O–H groups in total. The Morgan fingerprint density at radius 2 is 1.91 bits per heavy atom. The van der Waals surface area contributed by atoms with Gasteiger partial charge in [0, 0.05) is 15.9 Å². The Labute approximate surface area is 143 Å². The molecule has 0 aliphatic rings. The van der Waals surface area contributed by atoms with Crippen LogP contribution in [0, 0.1) is 20.8 Å². The summed E-state index contributed by atoms with van der Waals surface area (Å²) in [5.41, 5.74) is 2.41. The summed E-state index contributed by atoms with van der Waals surface area (Å²) in [6, 6.07) is 9.01. The summed E-state index contributed by atoms with van der Waals surface area (Å²) in [4.78, 5) is 6.36. The van der Waals surface area contributed by atoms with E-state index in [0.29, 0.717) is 10.6 Å². The number of benzene rings is 1. The third-order valence-corrected chi connectivity index (χ3v) is 6.79. The maximum atomic E-state index is 12.7. The fraction of sp³-hybridized carbons (Fsp3) is 0.188. The van der Waals surface area contributed by atoms with Gasteiger partial charge in [-0.1, -0.05) is 12.1 Å². The number of thiophene rings is 1. The standard InChI is InChI=1S/C16H16N2O2S3/c1-10-5-4-6-13(7-10)18-23(19,20)16-8-15(22-11(16)2)14-9-21-12(3)17-14/h4-9,18H,1-3H3. The summed E-state index contributed by atoms with van der Waals surface area (Å²) in [7, 11) is -3.61. The first-order valence-electron chi connectivity index (χ1n) is 6.97. The number of nitrogens with one attached hydrogen (secondary N) is 1. The highest BCUT2D eigenvalue weighted by Gasteiger charge is 2.21. The number of sulfonamides is 1. The number of nitrogens with zero attached hydrogens (tertiary/aromatic N) is 1. The third-order valence-electron chi connectivity index (χ3n) is 3.30. The van der Waals surface area contributed by atoms with Crippen LogP contribution in [-0.4, -0.2) is 13.4 Å². The zero-order chi connectivity index (χ0) is 16.6. The van der Waals surface area contributed by atoms with Crippen molar-refractivity contribution >= 4 is 38.4 Å². The Kier molecular flexibility index (Phi) is 4.27. The molecule has 4 nitrogen and oxygen atoms in total. The molecule has 2 aromatic heterocycles. The van der Waals surface area contributed by atoms with E-state index in [2.05, 4.69) is 9.71 Å². The number of anilines is 1. The Bertz CT molecular complexity index is 955. The molecule has 0 atom stereocenters. The van der Waals surface area contributed by atoms with Crippen molar-refractivity contribution in [3.8, 4) is 10.6 Å². The number of aryl methyl sites for hydroxylation is 3. The van der Waals surface area contributed by atoms with Crippen molar-refractivity contribution in [2.24, 2.45) is 0 Å². The summed E-state index contributed by atoms with van der Waals surface area (Å²) >= 11 is 3.00. The molecular weight excluding hydrogens is 348 g/mol. The maximum absolute atomic E-state index is 12.7. The van der Waals surface area contributed by atoms with Crippen molar-refractivity contribution in [1.82, 2.24) is 4.98 Å². The van der Waals surface area contributed by atoms with E-state index in [1.807, 2.05) is 44.4 Å². The van der Waals surface area contributed by atoms with Gasteiger partial charge in [-0.3, -0.25) is 4.72 Å². The van der Waals surface area contributed by atoms with Gasteiger partial charge in [-0.15, -0.1) is 22.7 Å². The molecule has 1 aromatic carbocycles. The van der Waals surface area contributed by atoms with Gasteiger partial charge in [0.05, 0.1) is 15.6 Å². The molecular formula is C16H16N2O2S3. The molecule has 0 aliphatic heterocycles. The minimum absolute atomic E-state index is 0.310. The average Bonchev–Trinajstić information content (AvgIpc) is 3.04. The molecule has 120 valence electrons. The van der Waals surface area contributed by atoms with Crippen molar-refractivity contribution in [1.29, 1.82) is 0 Å². The van der Waals surface area contributed by atoms with Gasteiger partial charge >= 0.3 is 0 Å². The molecule has 0 radical (unpaired) electrons. The van der Waals surface area contributed by atoms with Gasteiger partial charge < -0.3 is 0 Å². The largest absolute Gasteiger partial charge is 0.280 e. The predicted molar refractivity (Wildman–Crippen MR) is 96.9 cm³/mol. The fourth-order valence-corrected chi connectivity index (χ4v) is 5.54. The second-order valence-corrected chi connectivity index (χ2v) is 9.23. The molecule has 0 fully saturated rings. The lowest BCUT2D eigenvalue weighted by atomic mass is 10.2. The van der Waals surface area contributed by atoms with Crippen LogP contribution in [0.5, 0.6) is 0 Å². The number of aromatic nitrogens is 1. The number of thiazole rings is 1. The van der Waals surface area contributed by atoms with E-state index in [0.717, 1.165) is 26.0 Å². The Balaban J connectivity index is 1.95. The number of hydrogen-bond acceptors (Lipinski definition) is 5. The van der Waals surface area contributed by atoms with E-state index in [1.165, 1.54) is 11.3 Å². The van der Waals surface area contributed by atoms with Crippen molar-refractivity contribution in [3.63, 3.8) is 0 Å². The lowest BCUT2D eigenvalue weighted by molar-refractivity contribution is 0.601. The second kappa shape index (κ2) is 6.07. The van der Waals surface area contributed by atoms with Crippen molar-refractivity contribution in [2.45, 2.75) is 25.7 Å². The number of rotatable bonds is 4. The lowest BCUT2D eigenvalue weighted by Crippen LogP contribution is -2.13. The molecule has 3 aromatic rings. The highest BCUT2D eigenvalue weighted by atomic mass is 32.2. The van der Waals surface area contributed by atoms with Crippen LogP contribution in [0.1, 0.15) is 15.4 Å². The first-order valence-corrected chi connectivity index (χ1v) is 10.2. The summed E-state index contributed by atoms with van der Waals surface area (Å²) in [5, 5.41) is 2.92. The first-order chi connectivity index (χ1) is 10.8. The van der Waals surface area contributed by atoms with Crippen LogP contribution in [0.3, 0.4) is 0 Å². The second-order valence-electron chi connectivity index (χ2n) is 5.26. The summed E-state index contributed by atoms with van der Waals surface area (Å²) in [5.74, 6) is 0. The minimum atomic E-state index is -3.61. The van der Waals surface area contributed by atoms with Gasteiger partial charge in [0.2, 0.25) is 0 Å². The fourth-order valence-electron chi connectivity index (χ4n) is 2.25. The minimum Gasteiger partial charge on any atom is -0.280 e. The van der Waals surface area contributed by atoms with Crippen LogP contribution in [-0.2, 0) is 10.0 Å². The highest BCUT2D eigenvalue weighted by Crippen LogP contribution is 2.34. The van der Waals surface area contributed by atoms with Gasteiger partial charge in [-0.25, -0.2) is 13.4 Å². The molecule has 0 amide bonds. The maximum Gasteiger partial charge on any atom is 0.263 e. The van der Waals surface area contributed by atoms with Gasteiger partial charge in [-0.05, 0) is 44.5 Å². The van der Waals surface area contributed by atoms with Crippen LogP contribution < -0.4 is 4.72 Å². The molecule has 3 rings (SSSR count). The normalized spacial score (nSPS) is 11.6. The zero-order valence-electron chi connectivity index (χ0n) is 13.0. The van der Waals surface area contributed by atoms with Crippen LogP contribution in [0.2, 0.25) is 0 Å². The van der Waals surface area contributed by atoms with Crippen LogP contribution in [0.4, 0.5) is 5.69 Å². The molecule has 0 bridgehead atoms. The number of hydrogen-bond donors (Lipinski definition) is 1. The molecule has 0 unspecified atom stereocenters. The summed E-state index contributed by atoms with van der Waals surface area (Å²) in [6.45, 7) is 5.68. The van der Waals surface area contributed by atoms with Crippen LogP contribution >= 0.6 is 22.7 Å². The molecule has 0 aliphatic carbocycles. The van der Waals surface area contributed by atoms with Crippen molar-refractivity contribution in [3.05, 3.63) is 51.2 Å². The van der Waals surface area contributed by atoms with Crippen molar-refractivity contribution in [2.75, 3.05) is 4.72 Å². The summed E-state index contributed by atoms with van der Waals surface area (Å²) < 4.78 is 28.0. The predicted octanol–water partition coefficient (Wildman–Crippen LogP) is 4.60. The van der Waals surface area contributed by atoms with Crippen LogP contribution in [0.25, 0.3) is 10.6 Å². The molecule has 0 spiro atoms. The average molecular weight is 365 g/mol. The van der Waals surface area contributed by atoms with E-state index < -0.39 is 10.0 Å². The Morgan fingerprint density at radius 3 is 2.57 bits per heavy atom. The molecule has 0 saturated heterocycles. The molecule has 2 heterocycles. The van der Waals surface area contributed by atoms with Crippen molar-refractivity contribution < 1.29 is 8.42 Å². The van der Waals surface area contributed by atoms with E-state index in [1.54, 1.807) is 23.5 Å². The zero-order valence-corrected chi connectivity index (χ0v) is 15.4. The van der Waals surface area contributed by atoms with Gasteiger partial charge in [0.15, 0.2) is 0 Å². The van der Waals surface area contributed by atoms with E-state index in [-0.39, 0.29) is 0 Å². The van der Waals surface area contributed by atoms with Gasteiger partial charge in [0.1, 0.15) is 4.90 Å². The Hall–Kier alpha value is -1.70. The monoisotopic (exact) mass is 364 g/mol. The quantitative estimate of drug-likeness (QED) is 0.736. The molecule has 0 saturated carbocycles. The summed E-state index contributed by atoms with van der Waals surface area (Å²) in [6.07, 6.45) is 0. The van der Waals surface area contributed by atoms with E-state index >= 15 is 0 Å². The van der Waals surface area contributed by atoms with Crippen LogP contribution in [0.15, 0.2) is 40.6 Å². The Morgan fingerprint density at radius 1 is 1.13 bits per heavy atom. The van der Waals surface area contributed by atoms with Gasteiger partial charge in [-0.2, -0.15) is 0 Å². The smallest absolute Gasteiger partial charge is 0.263 e. The van der Waals surface area contributed by atoms with E-state index in [9.17, 15) is 8.42 Å². The first kappa shape index (κ1) is 16.2. The molecule has 23 heavy (non-hydrogen) atoms. The molecule has 7 heteroatoms. The van der Waals surface area contributed by atoms with E-state index in [4.69, 9.17) is 0 Å². The SMILES string of the molecule is Cc1cccc(NS(=O)(=O)c2cc(-c3csc(C)n3)sc2C)c1.